The molecule has 0 aromatic heterocycles. The first-order valence-electron chi connectivity index (χ1n) is 6.78. The number of hydrogen-bond donors (Lipinski definition) is 2. The molecule has 1 aliphatic heterocycles. The quantitative estimate of drug-likeness (QED) is 0.650. The van der Waals surface area contributed by atoms with E-state index in [1.54, 1.807) is 0 Å². The highest BCUT2D eigenvalue weighted by molar-refractivity contribution is 6.00. The Morgan fingerprint density at radius 2 is 1.90 bits per heavy atom. The van der Waals surface area contributed by atoms with Crippen molar-refractivity contribution in [3.8, 4) is 0 Å². The topological polar surface area (TPSA) is 56.4 Å². The van der Waals surface area contributed by atoms with Gasteiger partial charge in [0.05, 0.1) is 5.56 Å². The average molecular weight is 300 g/mol. The Morgan fingerprint density at radius 3 is 2.52 bits per heavy atom. The highest BCUT2D eigenvalue weighted by Crippen LogP contribution is 2.33. The van der Waals surface area contributed by atoms with Gasteiger partial charge in [-0.25, -0.2) is 0 Å². The minimum absolute atomic E-state index is 0.148. The molecule has 2 rings (SSSR count). The molecular formula is C14H19F3N4. The molecule has 116 valence electrons. The van der Waals surface area contributed by atoms with E-state index >= 15 is 0 Å². The van der Waals surface area contributed by atoms with Gasteiger partial charge in [-0.2, -0.15) is 13.2 Å². The van der Waals surface area contributed by atoms with Crippen LogP contribution >= 0.6 is 0 Å². The van der Waals surface area contributed by atoms with E-state index in [-0.39, 0.29) is 11.4 Å². The van der Waals surface area contributed by atoms with Gasteiger partial charge in [-0.05, 0) is 38.2 Å². The van der Waals surface area contributed by atoms with Gasteiger partial charge < -0.3 is 15.5 Å². The third kappa shape index (κ3) is 3.66. The van der Waals surface area contributed by atoms with E-state index in [1.165, 1.54) is 6.07 Å². The Kier molecular flexibility index (Phi) is 4.41. The number of nitrogens with zero attached hydrogens (tertiary/aromatic N) is 2. The molecule has 0 saturated carbocycles. The van der Waals surface area contributed by atoms with Crippen LogP contribution in [0.5, 0.6) is 0 Å². The predicted molar refractivity (Wildman–Crippen MR) is 76.8 cm³/mol. The highest BCUT2D eigenvalue weighted by atomic mass is 19.4. The maximum atomic E-state index is 12.8. The maximum absolute atomic E-state index is 12.8. The Balaban J connectivity index is 2.36. The van der Waals surface area contributed by atoms with Crippen molar-refractivity contribution >= 4 is 11.5 Å². The zero-order valence-corrected chi connectivity index (χ0v) is 11.9. The average Bonchev–Trinajstić information content (AvgIpc) is 2.61. The molecule has 21 heavy (non-hydrogen) atoms. The van der Waals surface area contributed by atoms with Crippen LogP contribution in [-0.4, -0.2) is 44.0 Å². The highest BCUT2D eigenvalue weighted by Gasteiger charge is 2.31. The van der Waals surface area contributed by atoms with Gasteiger partial charge in [-0.15, -0.1) is 0 Å². The van der Waals surface area contributed by atoms with Crippen molar-refractivity contribution in [3.63, 3.8) is 0 Å². The van der Waals surface area contributed by atoms with Crippen molar-refractivity contribution in [1.29, 1.82) is 5.41 Å². The lowest BCUT2D eigenvalue weighted by atomic mass is 10.1. The van der Waals surface area contributed by atoms with Crippen LogP contribution in [0.2, 0.25) is 0 Å². The summed E-state index contributed by atoms with van der Waals surface area (Å²) in [4.78, 5) is 4.18. The molecule has 0 radical (unpaired) electrons. The second-order valence-electron chi connectivity index (χ2n) is 5.29. The number of rotatable bonds is 2. The summed E-state index contributed by atoms with van der Waals surface area (Å²) in [5.74, 6) is -0.339. The summed E-state index contributed by atoms with van der Waals surface area (Å²) in [5.41, 5.74) is 5.45. The lowest BCUT2D eigenvalue weighted by molar-refractivity contribution is -0.137. The van der Waals surface area contributed by atoms with Crippen LogP contribution < -0.4 is 10.6 Å². The summed E-state index contributed by atoms with van der Waals surface area (Å²) in [6.07, 6.45) is -3.50. The van der Waals surface area contributed by atoms with Crippen molar-refractivity contribution in [2.24, 2.45) is 5.73 Å². The predicted octanol–water partition coefficient (Wildman–Crippen LogP) is 2.13. The summed E-state index contributed by atoms with van der Waals surface area (Å²) in [6.45, 7) is 3.24. The number of benzene rings is 1. The van der Waals surface area contributed by atoms with Crippen LogP contribution in [-0.2, 0) is 6.18 Å². The van der Waals surface area contributed by atoms with Gasteiger partial charge in [-0.1, -0.05) is 0 Å². The lowest BCUT2D eigenvalue weighted by Gasteiger charge is -2.26. The zero-order valence-electron chi connectivity index (χ0n) is 11.9. The number of anilines is 1. The molecule has 0 amide bonds. The molecule has 3 N–H and O–H groups in total. The standard InChI is InChI=1S/C14H19F3N4/c1-20-5-2-6-21(8-7-20)12-4-3-10(14(15,16)17)9-11(12)13(18)19/h3-4,9H,2,5-8H2,1H3,(H3,18,19). The molecule has 4 nitrogen and oxygen atoms in total. The van der Waals surface area contributed by atoms with Crippen LogP contribution in [0.3, 0.4) is 0 Å². The minimum atomic E-state index is -4.43. The van der Waals surface area contributed by atoms with E-state index in [0.29, 0.717) is 12.2 Å². The molecule has 0 spiro atoms. The molecule has 1 heterocycles. The fourth-order valence-electron chi connectivity index (χ4n) is 2.49. The summed E-state index contributed by atoms with van der Waals surface area (Å²) in [6, 6.07) is 3.44. The van der Waals surface area contributed by atoms with Crippen LogP contribution in [0.4, 0.5) is 18.9 Å². The monoisotopic (exact) mass is 300 g/mol. The number of nitrogens with one attached hydrogen (secondary N) is 1. The van der Waals surface area contributed by atoms with Crippen molar-refractivity contribution in [2.45, 2.75) is 12.6 Å². The molecule has 0 atom stereocenters. The SMILES string of the molecule is CN1CCCN(c2ccc(C(F)(F)F)cc2C(=N)N)CC1. The number of likely N-dealkylation sites (N-methyl/N-ethyl adjacent to an activating group) is 1. The molecule has 0 unspecified atom stereocenters. The second-order valence-corrected chi connectivity index (χ2v) is 5.29. The number of nitrogens with two attached hydrogens (primary N) is 1. The Hall–Kier alpha value is -1.76. The van der Waals surface area contributed by atoms with Crippen LogP contribution in [0.1, 0.15) is 17.5 Å². The van der Waals surface area contributed by atoms with Crippen molar-refractivity contribution < 1.29 is 13.2 Å². The Bertz CT molecular complexity index is 527. The van der Waals surface area contributed by atoms with E-state index < -0.39 is 11.7 Å². The molecule has 1 fully saturated rings. The molecule has 0 bridgehead atoms. The summed E-state index contributed by atoms with van der Waals surface area (Å²) >= 11 is 0. The minimum Gasteiger partial charge on any atom is -0.384 e. The Labute approximate surface area is 121 Å². The van der Waals surface area contributed by atoms with Gasteiger partial charge in [-0.3, -0.25) is 5.41 Å². The normalized spacial score (nSPS) is 17.6. The van der Waals surface area contributed by atoms with E-state index in [9.17, 15) is 13.2 Å². The molecule has 1 saturated heterocycles. The number of halogens is 3. The Morgan fingerprint density at radius 1 is 1.19 bits per heavy atom. The first-order chi connectivity index (χ1) is 9.79. The van der Waals surface area contributed by atoms with Crippen molar-refractivity contribution in [3.05, 3.63) is 29.3 Å². The number of amidine groups is 1. The third-order valence-electron chi connectivity index (χ3n) is 3.67. The van der Waals surface area contributed by atoms with Gasteiger partial charge in [0.15, 0.2) is 0 Å². The molecule has 1 aromatic carbocycles. The van der Waals surface area contributed by atoms with Crippen LogP contribution in [0, 0.1) is 5.41 Å². The van der Waals surface area contributed by atoms with E-state index in [1.807, 2.05) is 11.9 Å². The van der Waals surface area contributed by atoms with Crippen LogP contribution in [0.15, 0.2) is 18.2 Å². The molecule has 1 aliphatic rings. The first kappa shape index (κ1) is 15.6. The van der Waals surface area contributed by atoms with Crippen molar-refractivity contribution in [1.82, 2.24) is 4.90 Å². The molecular weight excluding hydrogens is 281 g/mol. The second kappa shape index (κ2) is 5.93. The van der Waals surface area contributed by atoms with Crippen LogP contribution in [0.25, 0.3) is 0 Å². The number of nitrogen functional groups attached to an aromatic ring is 1. The smallest absolute Gasteiger partial charge is 0.384 e. The summed E-state index contributed by atoms with van der Waals surface area (Å²) in [5, 5.41) is 7.56. The van der Waals surface area contributed by atoms with Gasteiger partial charge in [0.2, 0.25) is 0 Å². The van der Waals surface area contributed by atoms with Gasteiger partial charge in [0.1, 0.15) is 5.84 Å². The summed E-state index contributed by atoms with van der Waals surface area (Å²) < 4.78 is 38.4. The van der Waals surface area contributed by atoms with E-state index in [4.69, 9.17) is 11.1 Å². The zero-order chi connectivity index (χ0) is 15.6. The summed E-state index contributed by atoms with van der Waals surface area (Å²) in [7, 11) is 2.02. The third-order valence-corrected chi connectivity index (χ3v) is 3.67. The fourth-order valence-corrected chi connectivity index (χ4v) is 2.49. The van der Waals surface area contributed by atoms with Gasteiger partial charge in [0, 0.05) is 30.9 Å². The molecule has 7 heteroatoms. The molecule has 0 aliphatic carbocycles. The number of hydrogen-bond acceptors (Lipinski definition) is 3. The fraction of sp³-hybridized carbons (Fsp3) is 0.500. The van der Waals surface area contributed by atoms with E-state index in [2.05, 4.69) is 4.90 Å². The number of alkyl halides is 3. The lowest BCUT2D eigenvalue weighted by Crippen LogP contribution is -2.31. The van der Waals surface area contributed by atoms with Crippen molar-refractivity contribution in [2.75, 3.05) is 38.1 Å². The maximum Gasteiger partial charge on any atom is 0.416 e. The molecule has 1 aromatic rings. The van der Waals surface area contributed by atoms with E-state index in [0.717, 1.165) is 38.2 Å². The first-order valence-corrected chi connectivity index (χ1v) is 6.78. The largest absolute Gasteiger partial charge is 0.416 e. The van der Waals surface area contributed by atoms with Gasteiger partial charge in [0.25, 0.3) is 0 Å². The van der Waals surface area contributed by atoms with Gasteiger partial charge >= 0.3 is 6.18 Å².